The Morgan fingerprint density at radius 3 is 2.52 bits per heavy atom. The van der Waals surface area contributed by atoms with E-state index in [9.17, 15) is 4.79 Å². The van der Waals surface area contributed by atoms with Crippen LogP contribution in [0.1, 0.15) is 41.5 Å². The molecule has 5 nitrogen and oxygen atoms in total. The summed E-state index contributed by atoms with van der Waals surface area (Å²) >= 11 is 0. The minimum Gasteiger partial charge on any atom is -0.343 e. The molecule has 1 aromatic carbocycles. The Balaban J connectivity index is 1.69. The standard InChI is InChI=1S/C20H22N4O/c1-15(2)19(18-5-3-4-10-22-18)23-20(25)17-8-6-16(7-9-17)13-24-12-11-21-14-24/h3-12,14-15,19H,13H2,1-2H3,(H,23,25). The zero-order valence-electron chi connectivity index (χ0n) is 14.5. The highest BCUT2D eigenvalue weighted by Gasteiger charge is 2.20. The summed E-state index contributed by atoms with van der Waals surface area (Å²) in [7, 11) is 0. The van der Waals surface area contributed by atoms with Crippen molar-refractivity contribution in [2.24, 2.45) is 5.92 Å². The van der Waals surface area contributed by atoms with Gasteiger partial charge in [0.2, 0.25) is 0 Å². The van der Waals surface area contributed by atoms with Gasteiger partial charge in [0.25, 0.3) is 5.91 Å². The quantitative estimate of drug-likeness (QED) is 0.751. The molecule has 25 heavy (non-hydrogen) atoms. The van der Waals surface area contributed by atoms with E-state index >= 15 is 0 Å². The molecule has 0 saturated heterocycles. The molecule has 0 radical (unpaired) electrons. The maximum atomic E-state index is 12.6. The minimum atomic E-state index is -0.112. The zero-order valence-corrected chi connectivity index (χ0v) is 14.5. The molecule has 0 aliphatic rings. The Bertz CT molecular complexity index is 795. The molecule has 2 aromatic heterocycles. The number of hydrogen-bond donors (Lipinski definition) is 1. The molecule has 3 rings (SSSR count). The topological polar surface area (TPSA) is 59.8 Å². The van der Waals surface area contributed by atoms with Crippen molar-refractivity contribution in [2.75, 3.05) is 0 Å². The van der Waals surface area contributed by atoms with Crippen LogP contribution in [0, 0.1) is 5.92 Å². The Labute approximate surface area is 147 Å². The Morgan fingerprint density at radius 1 is 1.12 bits per heavy atom. The SMILES string of the molecule is CC(C)C(NC(=O)c1ccc(Cn2ccnc2)cc1)c1ccccn1. The lowest BCUT2D eigenvalue weighted by Crippen LogP contribution is -2.32. The molecular formula is C20H22N4O. The number of imidazole rings is 1. The van der Waals surface area contributed by atoms with Gasteiger partial charge in [0.15, 0.2) is 0 Å². The van der Waals surface area contributed by atoms with E-state index in [-0.39, 0.29) is 17.9 Å². The van der Waals surface area contributed by atoms with E-state index in [4.69, 9.17) is 0 Å². The molecule has 0 spiro atoms. The third-order valence-corrected chi connectivity index (χ3v) is 4.10. The van der Waals surface area contributed by atoms with Crippen LogP contribution in [0.3, 0.4) is 0 Å². The van der Waals surface area contributed by atoms with Gasteiger partial charge in [0.05, 0.1) is 18.1 Å². The van der Waals surface area contributed by atoms with Gasteiger partial charge in [-0.1, -0.05) is 32.0 Å². The number of rotatable bonds is 6. The molecule has 2 heterocycles. The molecule has 0 aliphatic carbocycles. The summed E-state index contributed by atoms with van der Waals surface area (Å²) in [5.74, 6) is 0.165. The molecule has 0 aliphatic heterocycles. The highest BCUT2D eigenvalue weighted by atomic mass is 16.1. The lowest BCUT2D eigenvalue weighted by atomic mass is 9.99. The number of carbonyl (C=O) groups is 1. The van der Waals surface area contributed by atoms with E-state index in [1.54, 1.807) is 18.7 Å². The maximum absolute atomic E-state index is 12.6. The fourth-order valence-electron chi connectivity index (χ4n) is 2.72. The van der Waals surface area contributed by atoms with Crippen molar-refractivity contribution >= 4 is 5.91 Å². The summed E-state index contributed by atoms with van der Waals surface area (Å²) < 4.78 is 1.99. The number of carbonyl (C=O) groups excluding carboxylic acids is 1. The smallest absolute Gasteiger partial charge is 0.251 e. The predicted molar refractivity (Wildman–Crippen MR) is 97.1 cm³/mol. The normalized spacial score (nSPS) is 12.1. The molecule has 0 bridgehead atoms. The lowest BCUT2D eigenvalue weighted by molar-refractivity contribution is 0.0924. The van der Waals surface area contributed by atoms with Gasteiger partial charge >= 0.3 is 0 Å². The van der Waals surface area contributed by atoms with E-state index in [0.717, 1.165) is 17.8 Å². The fraction of sp³-hybridized carbons (Fsp3) is 0.250. The van der Waals surface area contributed by atoms with Crippen molar-refractivity contribution in [3.63, 3.8) is 0 Å². The second-order valence-electron chi connectivity index (χ2n) is 6.38. The highest BCUT2D eigenvalue weighted by molar-refractivity contribution is 5.94. The van der Waals surface area contributed by atoms with Crippen LogP contribution in [0.5, 0.6) is 0 Å². The van der Waals surface area contributed by atoms with Gasteiger partial charge in [0.1, 0.15) is 0 Å². The van der Waals surface area contributed by atoms with E-state index in [1.165, 1.54) is 0 Å². The number of hydrogen-bond acceptors (Lipinski definition) is 3. The van der Waals surface area contributed by atoms with Gasteiger partial charge in [-0.25, -0.2) is 4.98 Å². The maximum Gasteiger partial charge on any atom is 0.251 e. The number of aromatic nitrogens is 3. The minimum absolute atomic E-state index is 0.0847. The van der Waals surface area contributed by atoms with Crippen LogP contribution in [0.2, 0.25) is 0 Å². The van der Waals surface area contributed by atoms with Crippen LogP contribution in [0.25, 0.3) is 0 Å². The summed E-state index contributed by atoms with van der Waals surface area (Å²) in [6, 6.07) is 13.3. The van der Waals surface area contributed by atoms with E-state index in [0.29, 0.717) is 5.56 Å². The van der Waals surface area contributed by atoms with E-state index < -0.39 is 0 Å². The van der Waals surface area contributed by atoms with Crippen molar-refractivity contribution in [2.45, 2.75) is 26.4 Å². The first kappa shape index (κ1) is 16.9. The second-order valence-corrected chi connectivity index (χ2v) is 6.38. The number of benzene rings is 1. The monoisotopic (exact) mass is 334 g/mol. The van der Waals surface area contributed by atoms with Crippen LogP contribution in [0.15, 0.2) is 67.4 Å². The van der Waals surface area contributed by atoms with Gasteiger partial charge in [-0.2, -0.15) is 0 Å². The summed E-state index contributed by atoms with van der Waals surface area (Å²) in [6.07, 6.45) is 7.20. The second kappa shape index (κ2) is 7.75. The predicted octanol–water partition coefficient (Wildman–Crippen LogP) is 3.45. The van der Waals surface area contributed by atoms with E-state index in [2.05, 4.69) is 29.1 Å². The van der Waals surface area contributed by atoms with Crippen molar-refractivity contribution in [1.29, 1.82) is 0 Å². The molecule has 1 unspecified atom stereocenters. The largest absolute Gasteiger partial charge is 0.343 e. The summed E-state index contributed by atoms with van der Waals surface area (Å²) in [5, 5.41) is 3.10. The van der Waals surface area contributed by atoms with E-state index in [1.807, 2.05) is 53.2 Å². The number of amides is 1. The molecule has 0 saturated carbocycles. The molecule has 1 amide bonds. The van der Waals surface area contributed by atoms with Crippen molar-refractivity contribution in [3.8, 4) is 0 Å². The van der Waals surface area contributed by atoms with Crippen LogP contribution >= 0.6 is 0 Å². The van der Waals surface area contributed by atoms with Gasteiger partial charge in [-0.15, -0.1) is 0 Å². The molecule has 1 atom stereocenters. The first-order chi connectivity index (χ1) is 12.1. The third-order valence-electron chi connectivity index (χ3n) is 4.10. The van der Waals surface area contributed by atoms with Crippen LogP contribution in [0.4, 0.5) is 0 Å². The van der Waals surface area contributed by atoms with Gasteiger partial charge in [-0.3, -0.25) is 9.78 Å². The summed E-state index contributed by atoms with van der Waals surface area (Å²) in [6.45, 7) is 4.89. The zero-order chi connectivity index (χ0) is 17.6. The Morgan fingerprint density at radius 2 is 1.92 bits per heavy atom. The van der Waals surface area contributed by atoms with Crippen molar-refractivity contribution in [1.82, 2.24) is 19.9 Å². The molecular weight excluding hydrogens is 312 g/mol. The lowest BCUT2D eigenvalue weighted by Gasteiger charge is -2.22. The van der Waals surface area contributed by atoms with Crippen molar-refractivity contribution < 1.29 is 4.79 Å². The summed E-state index contributed by atoms with van der Waals surface area (Å²) in [5.41, 5.74) is 2.65. The first-order valence-electron chi connectivity index (χ1n) is 8.40. The van der Waals surface area contributed by atoms with Crippen LogP contribution in [-0.2, 0) is 6.54 Å². The fourth-order valence-corrected chi connectivity index (χ4v) is 2.72. The number of nitrogens with zero attached hydrogens (tertiary/aromatic N) is 3. The van der Waals surface area contributed by atoms with Crippen LogP contribution in [-0.4, -0.2) is 20.4 Å². The molecule has 0 fully saturated rings. The first-order valence-corrected chi connectivity index (χ1v) is 8.40. The summed E-state index contributed by atoms with van der Waals surface area (Å²) in [4.78, 5) is 21.0. The Kier molecular flexibility index (Phi) is 5.23. The molecule has 1 N–H and O–H groups in total. The average Bonchev–Trinajstić information content (AvgIpc) is 3.13. The third kappa shape index (κ3) is 4.32. The van der Waals surface area contributed by atoms with Crippen LogP contribution < -0.4 is 5.32 Å². The average molecular weight is 334 g/mol. The molecule has 3 aromatic rings. The highest BCUT2D eigenvalue weighted by Crippen LogP contribution is 2.20. The van der Waals surface area contributed by atoms with Gasteiger partial charge in [0, 0.05) is 30.7 Å². The molecule has 128 valence electrons. The molecule has 5 heteroatoms. The van der Waals surface area contributed by atoms with Gasteiger partial charge in [-0.05, 0) is 35.7 Å². The van der Waals surface area contributed by atoms with Crippen molar-refractivity contribution in [3.05, 3.63) is 84.2 Å². The number of pyridine rings is 1. The number of nitrogens with one attached hydrogen (secondary N) is 1. The van der Waals surface area contributed by atoms with Gasteiger partial charge < -0.3 is 9.88 Å². The Hall–Kier alpha value is -2.95.